The van der Waals surface area contributed by atoms with Crippen LogP contribution < -0.4 is 11.1 Å². The number of hydrogen-bond donors (Lipinski definition) is 2. The molecule has 0 spiro atoms. The summed E-state index contributed by atoms with van der Waals surface area (Å²) >= 11 is 0. The van der Waals surface area contributed by atoms with Crippen LogP contribution >= 0.6 is 0 Å². The summed E-state index contributed by atoms with van der Waals surface area (Å²) < 4.78 is 0. The number of anilines is 2. The molecule has 106 valence electrons. The van der Waals surface area contributed by atoms with Crippen molar-refractivity contribution in [3.63, 3.8) is 0 Å². The Morgan fingerprint density at radius 2 is 2.00 bits per heavy atom. The molecule has 1 unspecified atom stereocenters. The smallest absolute Gasteiger partial charge is 0.137 e. The van der Waals surface area contributed by atoms with Crippen molar-refractivity contribution in [3.05, 3.63) is 24.5 Å². The van der Waals surface area contributed by atoms with E-state index < -0.39 is 0 Å². The lowest BCUT2D eigenvalue weighted by Gasteiger charge is -2.28. The number of nitrogens with zero attached hydrogens (tertiary/aromatic N) is 2. The second kappa shape index (κ2) is 5.65. The first-order chi connectivity index (χ1) is 9.74. The third-order valence-electron chi connectivity index (χ3n) is 4.38. The SMILES string of the molecule is CC(Nc1ncnc2ccc(N)cc12)C1CCCCC1. The molecule has 0 amide bonds. The minimum absolute atomic E-state index is 0.440. The molecule has 0 saturated heterocycles. The van der Waals surface area contributed by atoms with E-state index >= 15 is 0 Å². The summed E-state index contributed by atoms with van der Waals surface area (Å²) in [5.74, 6) is 1.65. The maximum Gasteiger partial charge on any atom is 0.137 e. The topological polar surface area (TPSA) is 63.8 Å². The number of nitrogens with one attached hydrogen (secondary N) is 1. The number of nitrogens with two attached hydrogens (primary N) is 1. The average molecular weight is 270 g/mol. The van der Waals surface area contributed by atoms with E-state index in [-0.39, 0.29) is 0 Å². The maximum atomic E-state index is 5.88. The van der Waals surface area contributed by atoms with Crippen molar-refractivity contribution in [2.75, 3.05) is 11.1 Å². The van der Waals surface area contributed by atoms with E-state index in [4.69, 9.17) is 5.73 Å². The molecule has 0 radical (unpaired) electrons. The summed E-state index contributed by atoms with van der Waals surface area (Å²) in [5.41, 5.74) is 7.57. The molecular formula is C16H22N4. The molecule has 1 aliphatic rings. The van der Waals surface area contributed by atoms with E-state index in [9.17, 15) is 0 Å². The molecule has 1 aromatic carbocycles. The standard InChI is InChI=1S/C16H22N4/c1-11(12-5-3-2-4-6-12)20-16-14-9-13(17)7-8-15(14)18-10-19-16/h7-12H,2-6,17H2,1H3,(H,18,19,20). The van der Waals surface area contributed by atoms with Gasteiger partial charge < -0.3 is 11.1 Å². The fraction of sp³-hybridized carbons (Fsp3) is 0.500. The number of nitrogen functional groups attached to an aromatic ring is 1. The molecule has 1 saturated carbocycles. The Bertz CT molecular complexity index is 590. The molecule has 1 heterocycles. The Balaban J connectivity index is 1.84. The molecule has 0 bridgehead atoms. The Morgan fingerprint density at radius 1 is 1.20 bits per heavy atom. The van der Waals surface area contributed by atoms with Gasteiger partial charge in [0.2, 0.25) is 0 Å². The minimum atomic E-state index is 0.440. The molecule has 1 fully saturated rings. The lowest BCUT2D eigenvalue weighted by molar-refractivity contribution is 0.328. The largest absolute Gasteiger partial charge is 0.399 e. The fourth-order valence-corrected chi connectivity index (χ4v) is 3.16. The van der Waals surface area contributed by atoms with Crippen LogP contribution in [-0.2, 0) is 0 Å². The molecule has 0 aliphatic heterocycles. The Labute approximate surface area is 119 Å². The molecule has 1 aromatic heterocycles. The molecular weight excluding hydrogens is 248 g/mol. The van der Waals surface area contributed by atoms with Crippen molar-refractivity contribution >= 4 is 22.4 Å². The van der Waals surface area contributed by atoms with Gasteiger partial charge in [-0.1, -0.05) is 19.3 Å². The predicted octanol–water partition coefficient (Wildman–Crippen LogP) is 3.59. The van der Waals surface area contributed by atoms with Crippen molar-refractivity contribution in [2.24, 2.45) is 5.92 Å². The van der Waals surface area contributed by atoms with Crippen LogP contribution in [0.1, 0.15) is 39.0 Å². The summed E-state index contributed by atoms with van der Waals surface area (Å²) in [6.45, 7) is 2.26. The van der Waals surface area contributed by atoms with Gasteiger partial charge in [-0.3, -0.25) is 0 Å². The number of hydrogen-bond acceptors (Lipinski definition) is 4. The lowest BCUT2D eigenvalue weighted by Crippen LogP contribution is -2.28. The maximum absolute atomic E-state index is 5.88. The predicted molar refractivity (Wildman–Crippen MR) is 83.6 cm³/mol. The second-order valence-corrected chi connectivity index (χ2v) is 5.83. The highest BCUT2D eigenvalue weighted by Gasteiger charge is 2.20. The van der Waals surface area contributed by atoms with Crippen molar-refractivity contribution in [2.45, 2.75) is 45.1 Å². The number of fused-ring (bicyclic) bond motifs is 1. The van der Waals surface area contributed by atoms with Gasteiger partial charge in [0.25, 0.3) is 0 Å². The summed E-state index contributed by atoms with van der Waals surface area (Å²) in [4.78, 5) is 8.70. The molecule has 3 N–H and O–H groups in total. The summed E-state index contributed by atoms with van der Waals surface area (Å²) in [7, 11) is 0. The molecule has 20 heavy (non-hydrogen) atoms. The number of aromatic nitrogens is 2. The summed E-state index contributed by atoms with van der Waals surface area (Å²) in [6, 6.07) is 6.22. The highest BCUT2D eigenvalue weighted by atomic mass is 15.0. The van der Waals surface area contributed by atoms with E-state index in [0.717, 1.165) is 28.3 Å². The van der Waals surface area contributed by atoms with E-state index in [1.165, 1.54) is 32.1 Å². The van der Waals surface area contributed by atoms with E-state index in [2.05, 4.69) is 22.2 Å². The third kappa shape index (κ3) is 2.69. The zero-order chi connectivity index (χ0) is 13.9. The number of rotatable bonds is 3. The minimum Gasteiger partial charge on any atom is -0.399 e. The quantitative estimate of drug-likeness (QED) is 0.837. The van der Waals surface area contributed by atoms with Gasteiger partial charge in [-0.05, 0) is 43.9 Å². The monoisotopic (exact) mass is 270 g/mol. The van der Waals surface area contributed by atoms with E-state index in [0.29, 0.717) is 6.04 Å². The van der Waals surface area contributed by atoms with Crippen LogP contribution in [0.4, 0.5) is 11.5 Å². The van der Waals surface area contributed by atoms with Gasteiger partial charge in [-0.15, -0.1) is 0 Å². The molecule has 3 rings (SSSR count). The summed E-state index contributed by atoms with van der Waals surface area (Å²) in [5, 5.41) is 4.58. The zero-order valence-corrected chi connectivity index (χ0v) is 12.0. The van der Waals surface area contributed by atoms with Crippen LogP contribution in [0, 0.1) is 5.92 Å². The van der Waals surface area contributed by atoms with Crippen molar-refractivity contribution < 1.29 is 0 Å². The molecule has 1 aliphatic carbocycles. The molecule has 4 heteroatoms. The molecule has 2 aromatic rings. The molecule has 4 nitrogen and oxygen atoms in total. The van der Waals surface area contributed by atoms with Gasteiger partial charge in [-0.25, -0.2) is 9.97 Å². The van der Waals surface area contributed by atoms with Crippen LogP contribution in [0.5, 0.6) is 0 Å². The Kier molecular flexibility index (Phi) is 3.72. The lowest BCUT2D eigenvalue weighted by atomic mass is 9.84. The van der Waals surface area contributed by atoms with Gasteiger partial charge >= 0.3 is 0 Å². The Morgan fingerprint density at radius 3 is 2.80 bits per heavy atom. The van der Waals surface area contributed by atoms with Crippen molar-refractivity contribution in [3.8, 4) is 0 Å². The fourth-order valence-electron chi connectivity index (χ4n) is 3.16. The highest BCUT2D eigenvalue weighted by Crippen LogP contribution is 2.29. The van der Waals surface area contributed by atoms with Crippen LogP contribution in [0.15, 0.2) is 24.5 Å². The van der Waals surface area contributed by atoms with Crippen LogP contribution in [0.3, 0.4) is 0 Å². The first-order valence-corrected chi connectivity index (χ1v) is 7.51. The van der Waals surface area contributed by atoms with Crippen LogP contribution in [0.2, 0.25) is 0 Å². The third-order valence-corrected chi connectivity index (χ3v) is 4.38. The normalized spacial score (nSPS) is 18.1. The second-order valence-electron chi connectivity index (χ2n) is 5.83. The van der Waals surface area contributed by atoms with Gasteiger partial charge in [0.1, 0.15) is 12.1 Å². The van der Waals surface area contributed by atoms with Gasteiger partial charge in [0.15, 0.2) is 0 Å². The number of benzene rings is 1. The van der Waals surface area contributed by atoms with Crippen molar-refractivity contribution in [1.82, 2.24) is 9.97 Å². The van der Waals surface area contributed by atoms with E-state index in [1.54, 1.807) is 6.33 Å². The van der Waals surface area contributed by atoms with Crippen LogP contribution in [-0.4, -0.2) is 16.0 Å². The van der Waals surface area contributed by atoms with Crippen molar-refractivity contribution in [1.29, 1.82) is 0 Å². The first kappa shape index (κ1) is 13.2. The Hall–Kier alpha value is -1.84. The summed E-state index contributed by atoms with van der Waals surface area (Å²) in [6.07, 6.45) is 8.35. The first-order valence-electron chi connectivity index (χ1n) is 7.51. The average Bonchev–Trinajstić information content (AvgIpc) is 2.49. The highest BCUT2D eigenvalue weighted by molar-refractivity contribution is 5.91. The zero-order valence-electron chi connectivity index (χ0n) is 12.0. The molecule has 1 atom stereocenters. The van der Waals surface area contributed by atoms with Gasteiger partial charge in [0.05, 0.1) is 5.52 Å². The van der Waals surface area contributed by atoms with Gasteiger partial charge in [0, 0.05) is 17.1 Å². The van der Waals surface area contributed by atoms with Gasteiger partial charge in [-0.2, -0.15) is 0 Å². The van der Waals surface area contributed by atoms with Crippen LogP contribution in [0.25, 0.3) is 10.9 Å². The van der Waals surface area contributed by atoms with E-state index in [1.807, 2.05) is 18.2 Å².